The van der Waals surface area contributed by atoms with Crippen molar-refractivity contribution in [1.29, 1.82) is 0 Å². The zero-order valence-electron chi connectivity index (χ0n) is 17.0. The normalized spacial score (nSPS) is 14.5. The van der Waals surface area contributed by atoms with Crippen LogP contribution in [-0.4, -0.2) is 17.9 Å². The number of carbonyl (C=O) groups excluding carboxylic acids is 3. The Balaban J connectivity index is 1.78. The molecule has 0 aliphatic carbocycles. The predicted molar refractivity (Wildman–Crippen MR) is 115 cm³/mol. The molecule has 0 bridgehead atoms. The molecule has 0 N–H and O–H groups in total. The quantitative estimate of drug-likeness (QED) is 0.353. The number of ether oxygens (including phenoxy) is 4. The second-order valence-corrected chi connectivity index (χ2v) is 7.92. The lowest BCUT2D eigenvalue weighted by atomic mass is 9.77. The Bertz CT molecular complexity index is 1260. The number of esters is 3. The van der Waals surface area contributed by atoms with Crippen LogP contribution in [0.3, 0.4) is 0 Å². The first kappa shape index (κ1) is 20.1. The smallest absolute Gasteiger partial charge is 0.340 e. The zero-order valence-corrected chi connectivity index (χ0v) is 17.9. The topological polar surface area (TPSA) is 88.1 Å². The van der Waals surface area contributed by atoms with E-state index in [1.807, 2.05) is 0 Å². The number of fused-ring (bicyclic) bond motifs is 6. The molecule has 1 spiro atoms. The minimum atomic E-state index is -1.31. The molecule has 160 valence electrons. The van der Waals surface area contributed by atoms with Gasteiger partial charge in [0.2, 0.25) is 0 Å². The Morgan fingerprint density at radius 2 is 1.38 bits per heavy atom. The molecule has 0 saturated heterocycles. The maximum atomic E-state index is 12.9. The Hall–Kier alpha value is -3.78. The molecule has 7 nitrogen and oxygen atoms in total. The molecular weight excluding hydrogens is 432 g/mol. The van der Waals surface area contributed by atoms with Crippen LogP contribution in [0, 0.1) is 0 Å². The Morgan fingerprint density at radius 3 is 1.91 bits per heavy atom. The number of hydrogen-bond donors (Lipinski definition) is 1. The summed E-state index contributed by atoms with van der Waals surface area (Å²) in [4.78, 5) is 36.4. The molecule has 0 saturated carbocycles. The highest BCUT2D eigenvalue weighted by molar-refractivity contribution is 7.80. The molecule has 32 heavy (non-hydrogen) atoms. The number of benzene rings is 3. The molecule has 3 aromatic carbocycles. The Morgan fingerprint density at radius 1 is 0.812 bits per heavy atom. The molecule has 0 fully saturated rings. The summed E-state index contributed by atoms with van der Waals surface area (Å²) in [6, 6.07) is 14.9. The van der Waals surface area contributed by atoms with E-state index in [1.54, 1.807) is 54.6 Å². The van der Waals surface area contributed by atoms with E-state index in [0.29, 0.717) is 38.6 Å². The van der Waals surface area contributed by atoms with E-state index in [9.17, 15) is 14.4 Å². The molecule has 0 aromatic heterocycles. The molecule has 5 rings (SSSR count). The van der Waals surface area contributed by atoms with Gasteiger partial charge in [-0.3, -0.25) is 9.59 Å². The van der Waals surface area contributed by atoms with Crippen LogP contribution in [0.1, 0.15) is 40.9 Å². The lowest BCUT2D eigenvalue weighted by Crippen LogP contribution is -2.33. The van der Waals surface area contributed by atoms with Gasteiger partial charge in [0.25, 0.3) is 0 Å². The third-order valence-corrected chi connectivity index (χ3v) is 5.53. The second kappa shape index (κ2) is 7.13. The average Bonchev–Trinajstić information content (AvgIpc) is 2.99. The minimum absolute atomic E-state index is 0.276. The zero-order chi connectivity index (χ0) is 22.6. The lowest BCUT2D eigenvalue weighted by molar-refractivity contribution is -0.132. The number of thiol groups is 1. The summed E-state index contributed by atoms with van der Waals surface area (Å²) in [7, 11) is 0. The van der Waals surface area contributed by atoms with E-state index in [4.69, 9.17) is 18.9 Å². The van der Waals surface area contributed by atoms with Crippen LogP contribution >= 0.6 is 12.6 Å². The summed E-state index contributed by atoms with van der Waals surface area (Å²) < 4.78 is 22.5. The summed E-state index contributed by atoms with van der Waals surface area (Å²) in [5, 5.41) is 0. The molecule has 0 atom stereocenters. The van der Waals surface area contributed by atoms with Crippen molar-refractivity contribution in [2.24, 2.45) is 0 Å². The highest BCUT2D eigenvalue weighted by Crippen LogP contribution is 2.57. The monoisotopic (exact) mass is 448 g/mol. The van der Waals surface area contributed by atoms with Crippen LogP contribution in [0.15, 0.2) is 59.5 Å². The van der Waals surface area contributed by atoms with E-state index in [2.05, 4.69) is 12.6 Å². The van der Waals surface area contributed by atoms with Crippen molar-refractivity contribution in [3.8, 4) is 23.0 Å². The largest absolute Gasteiger partial charge is 0.456 e. The standard InChI is InChI=1S/C24H16O7S/c1-12(25)28-14-3-7-18-21(9-14)30-22-10-15(29-13(2)26)4-8-19(22)24(18)20-11-16(32)5-6-17(20)23(27)31-24/h3-11,32H,1-2H3. The second-order valence-electron chi connectivity index (χ2n) is 7.41. The van der Waals surface area contributed by atoms with Crippen molar-refractivity contribution < 1.29 is 33.3 Å². The molecule has 0 unspecified atom stereocenters. The highest BCUT2D eigenvalue weighted by atomic mass is 32.1. The van der Waals surface area contributed by atoms with Crippen molar-refractivity contribution >= 4 is 30.5 Å². The predicted octanol–water partition coefficient (Wildman–Crippen LogP) is 4.39. The number of carbonyl (C=O) groups is 3. The van der Waals surface area contributed by atoms with Crippen LogP contribution in [0.5, 0.6) is 23.0 Å². The van der Waals surface area contributed by atoms with Gasteiger partial charge in [0, 0.05) is 47.6 Å². The SMILES string of the molecule is CC(=O)Oc1ccc2c(c1)Oc1cc(OC(C)=O)ccc1C21OC(=O)c2ccc(S)cc21. The molecule has 2 aliphatic rings. The average molecular weight is 448 g/mol. The summed E-state index contributed by atoms with van der Waals surface area (Å²) in [6.45, 7) is 2.59. The summed E-state index contributed by atoms with van der Waals surface area (Å²) in [5.41, 5.74) is 0.841. The highest BCUT2D eigenvalue weighted by Gasteiger charge is 2.53. The van der Waals surface area contributed by atoms with Gasteiger partial charge in [-0.05, 0) is 42.5 Å². The molecule has 0 radical (unpaired) electrons. The summed E-state index contributed by atoms with van der Waals surface area (Å²) in [6.07, 6.45) is 0. The van der Waals surface area contributed by atoms with Crippen molar-refractivity contribution in [2.75, 3.05) is 0 Å². The number of rotatable bonds is 2. The van der Waals surface area contributed by atoms with Gasteiger partial charge in [-0.2, -0.15) is 0 Å². The molecule has 3 aromatic rings. The van der Waals surface area contributed by atoms with Gasteiger partial charge >= 0.3 is 17.9 Å². The third-order valence-electron chi connectivity index (χ3n) is 5.26. The van der Waals surface area contributed by atoms with E-state index in [1.165, 1.54) is 13.8 Å². The van der Waals surface area contributed by atoms with E-state index >= 15 is 0 Å². The number of hydrogen-bond acceptors (Lipinski definition) is 8. The van der Waals surface area contributed by atoms with Gasteiger partial charge in [-0.15, -0.1) is 12.6 Å². The van der Waals surface area contributed by atoms with Gasteiger partial charge in [-0.25, -0.2) is 4.79 Å². The van der Waals surface area contributed by atoms with Crippen molar-refractivity contribution in [1.82, 2.24) is 0 Å². The lowest BCUT2D eigenvalue weighted by Gasteiger charge is -2.36. The maximum absolute atomic E-state index is 12.9. The first-order valence-electron chi connectivity index (χ1n) is 9.68. The summed E-state index contributed by atoms with van der Waals surface area (Å²) in [5.74, 6) is -0.226. The van der Waals surface area contributed by atoms with Gasteiger partial charge in [0.15, 0.2) is 5.60 Å². The van der Waals surface area contributed by atoms with Gasteiger partial charge in [0.1, 0.15) is 23.0 Å². The van der Waals surface area contributed by atoms with Crippen LogP contribution < -0.4 is 14.2 Å². The fourth-order valence-electron chi connectivity index (χ4n) is 4.13. The van der Waals surface area contributed by atoms with Crippen LogP contribution in [0.4, 0.5) is 0 Å². The summed E-state index contributed by atoms with van der Waals surface area (Å²) >= 11 is 4.45. The fraction of sp³-hybridized carbons (Fsp3) is 0.125. The molecular formula is C24H16O7S. The Labute approximate surface area is 188 Å². The maximum Gasteiger partial charge on any atom is 0.340 e. The molecule has 0 amide bonds. The van der Waals surface area contributed by atoms with E-state index in [0.717, 1.165) is 0 Å². The van der Waals surface area contributed by atoms with Crippen LogP contribution in [0.25, 0.3) is 0 Å². The van der Waals surface area contributed by atoms with Crippen LogP contribution in [-0.2, 0) is 19.9 Å². The first-order valence-corrected chi connectivity index (χ1v) is 10.1. The fourth-order valence-corrected chi connectivity index (χ4v) is 4.33. The third kappa shape index (κ3) is 3.03. The Kier molecular flexibility index (Phi) is 4.49. The molecule has 8 heteroatoms. The molecule has 2 aliphatic heterocycles. The van der Waals surface area contributed by atoms with Gasteiger partial charge in [-0.1, -0.05) is 0 Å². The van der Waals surface area contributed by atoms with E-state index in [-0.39, 0.29) is 11.5 Å². The first-order chi connectivity index (χ1) is 15.3. The molecule has 2 heterocycles. The van der Waals surface area contributed by atoms with Crippen molar-refractivity contribution in [3.05, 3.63) is 76.9 Å². The van der Waals surface area contributed by atoms with E-state index < -0.39 is 23.5 Å². The van der Waals surface area contributed by atoms with Crippen LogP contribution in [0.2, 0.25) is 0 Å². The van der Waals surface area contributed by atoms with Crippen molar-refractivity contribution in [3.63, 3.8) is 0 Å². The van der Waals surface area contributed by atoms with Gasteiger partial charge in [0.05, 0.1) is 5.56 Å². The minimum Gasteiger partial charge on any atom is -0.456 e. The van der Waals surface area contributed by atoms with Gasteiger partial charge < -0.3 is 18.9 Å². The van der Waals surface area contributed by atoms with Crippen molar-refractivity contribution in [2.45, 2.75) is 24.3 Å².